The Morgan fingerprint density at radius 1 is 1.39 bits per heavy atom. The van der Waals surface area contributed by atoms with Crippen LogP contribution >= 0.6 is 11.3 Å². The largest absolute Gasteiger partial charge is 0.465 e. The maximum atomic E-state index is 12.1. The van der Waals surface area contributed by atoms with Gasteiger partial charge in [-0.2, -0.15) is 0 Å². The number of likely N-dealkylation sites (N-methyl/N-ethyl adjacent to an activating group) is 1. The van der Waals surface area contributed by atoms with Crippen molar-refractivity contribution in [3.8, 4) is 0 Å². The van der Waals surface area contributed by atoms with Gasteiger partial charge in [-0.25, -0.2) is 0 Å². The minimum Gasteiger partial charge on any atom is -0.465 e. The fourth-order valence-electron chi connectivity index (χ4n) is 1.64. The first-order valence-electron chi connectivity index (χ1n) is 6.00. The lowest BCUT2D eigenvalue weighted by molar-refractivity contribution is -0.143. The second-order valence-corrected chi connectivity index (χ2v) is 5.27. The van der Waals surface area contributed by atoms with Crippen molar-refractivity contribution in [3.05, 3.63) is 21.4 Å². The zero-order valence-electron chi connectivity index (χ0n) is 11.3. The molecule has 18 heavy (non-hydrogen) atoms. The summed E-state index contributed by atoms with van der Waals surface area (Å²) in [7, 11) is 1.61. The minimum absolute atomic E-state index is 0.00885. The molecule has 0 spiro atoms. The smallest absolute Gasteiger partial charge is 0.325 e. The van der Waals surface area contributed by atoms with Gasteiger partial charge in [0, 0.05) is 11.9 Å². The summed E-state index contributed by atoms with van der Waals surface area (Å²) in [6.07, 6.45) is 0.914. The first-order chi connectivity index (χ1) is 8.49. The van der Waals surface area contributed by atoms with E-state index in [1.54, 1.807) is 14.0 Å². The van der Waals surface area contributed by atoms with E-state index < -0.39 is 0 Å². The highest BCUT2D eigenvalue weighted by atomic mass is 32.1. The van der Waals surface area contributed by atoms with Crippen LogP contribution in [0.5, 0.6) is 0 Å². The van der Waals surface area contributed by atoms with Crippen LogP contribution < -0.4 is 0 Å². The maximum absolute atomic E-state index is 12.1. The molecule has 0 radical (unpaired) electrons. The standard InChI is InChI=1S/C13H19NO3S/c1-5-10-7-11(18-9(10)3)13(16)14(4)8-12(15)17-6-2/h7H,5-6,8H2,1-4H3. The van der Waals surface area contributed by atoms with Crippen molar-refractivity contribution >= 4 is 23.2 Å². The molecule has 1 rings (SSSR count). The number of rotatable bonds is 5. The Morgan fingerprint density at radius 2 is 2.06 bits per heavy atom. The van der Waals surface area contributed by atoms with Crippen LogP contribution in [-0.4, -0.2) is 37.0 Å². The molecule has 1 amide bonds. The number of nitrogens with zero attached hydrogens (tertiary/aromatic N) is 1. The van der Waals surface area contributed by atoms with Gasteiger partial charge in [0.25, 0.3) is 5.91 Å². The van der Waals surface area contributed by atoms with Gasteiger partial charge in [0.15, 0.2) is 0 Å². The van der Waals surface area contributed by atoms with Gasteiger partial charge in [-0.3, -0.25) is 9.59 Å². The van der Waals surface area contributed by atoms with Crippen molar-refractivity contribution in [2.75, 3.05) is 20.2 Å². The van der Waals surface area contributed by atoms with E-state index in [1.807, 2.05) is 13.0 Å². The lowest BCUT2D eigenvalue weighted by Crippen LogP contribution is -2.32. The average Bonchev–Trinajstić information content (AvgIpc) is 2.69. The topological polar surface area (TPSA) is 46.6 Å². The zero-order valence-corrected chi connectivity index (χ0v) is 12.1. The molecule has 0 atom stereocenters. The van der Waals surface area contributed by atoms with E-state index in [9.17, 15) is 9.59 Å². The SMILES string of the molecule is CCOC(=O)CN(C)C(=O)c1cc(CC)c(C)s1. The molecule has 0 aromatic carbocycles. The number of esters is 1. The zero-order chi connectivity index (χ0) is 13.7. The van der Waals surface area contributed by atoms with Crippen LogP contribution in [0.4, 0.5) is 0 Å². The van der Waals surface area contributed by atoms with Crippen LogP contribution in [0.1, 0.15) is 34.0 Å². The number of thiophene rings is 1. The molecule has 0 unspecified atom stereocenters. The second-order valence-electron chi connectivity index (χ2n) is 4.01. The Morgan fingerprint density at radius 3 is 2.56 bits per heavy atom. The van der Waals surface area contributed by atoms with Gasteiger partial charge in [0.1, 0.15) is 6.54 Å². The Hall–Kier alpha value is -1.36. The summed E-state index contributed by atoms with van der Waals surface area (Å²) in [4.78, 5) is 26.6. The molecule has 0 aliphatic rings. The lowest BCUT2D eigenvalue weighted by Gasteiger charge is -2.14. The number of carbonyl (C=O) groups is 2. The summed E-state index contributed by atoms with van der Waals surface area (Å²) in [5, 5.41) is 0. The fraction of sp³-hybridized carbons (Fsp3) is 0.538. The van der Waals surface area contributed by atoms with Crippen molar-refractivity contribution in [3.63, 3.8) is 0 Å². The van der Waals surface area contributed by atoms with E-state index in [2.05, 4.69) is 6.92 Å². The maximum Gasteiger partial charge on any atom is 0.325 e. The van der Waals surface area contributed by atoms with E-state index >= 15 is 0 Å². The molecular formula is C13H19NO3S. The van der Waals surface area contributed by atoms with Crippen molar-refractivity contribution in [2.45, 2.75) is 27.2 Å². The van der Waals surface area contributed by atoms with Crippen molar-refractivity contribution in [1.82, 2.24) is 4.90 Å². The summed E-state index contributed by atoms with van der Waals surface area (Å²) in [6, 6.07) is 1.91. The molecule has 0 bridgehead atoms. The summed E-state index contributed by atoms with van der Waals surface area (Å²) < 4.78 is 4.82. The van der Waals surface area contributed by atoms with Crippen LogP contribution in [0.3, 0.4) is 0 Å². The number of carbonyl (C=O) groups excluding carboxylic acids is 2. The van der Waals surface area contributed by atoms with E-state index in [1.165, 1.54) is 21.8 Å². The monoisotopic (exact) mass is 269 g/mol. The Bertz CT molecular complexity index is 439. The van der Waals surface area contributed by atoms with Crippen LogP contribution in [-0.2, 0) is 16.0 Å². The Labute approximate surface area is 112 Å². The molecule has 1 heterocycles. The molecule has 0 aliphatic carbocycles. The van der Waals surface area contributed by atoms with Gasteiger partial charge >= 0.3 is 5.97 Å². The third kappa shape index (κ3) is 3.57. The first kappa shape index (κ1) is 14.7. The average molecular weight is 269 g/mol. The molecule has 0 saturated heterocycles. The van der Waals surface area contributed by atoms with Crippen molar-refractivity contribution in [1.29, 1.82) is 0 Å². The summed E-state index contributed by atoms with van der Waals surface area (Å²) in [6.45, 7) is 6.14. The highest BCUT2D eigenvalue weighted by Crippen LogP contribution is 2.23. The Kier molecular flexibility index (Phi) is 5.34. The third-order valence-corrected chi connectivity index (χ3v) is 3.71. The van der Waals surface area contributed by atoms with E-state index in [4.69, 9.17) is 4.74 Å². The molecule has 4 nitrogen and oxygen atoms in total. The highest BCUT2D eigenvalue weighted by Gasteiger charge is 2.18. The van der Waals surface area contributed by atoms with Crippen LogP contribution in [0, 0.1) is 6.92 Å². The van der Waals surface area contributed by atoms with Crippen LogP contribution in [0.15, 0.2) is 6.07 Å². The molecule has 1 aromatic rings. The van der Waals surface area contributed by atoms with E-state index in [0.717, 1.165) is 11.3 Å². The van der Waals surface area contributed by atoms with Crippen molar-refractivity contribution in [2.24, 2.45) is 0 Å². The molecule has 0 aliphatic heterocycles. The first-order valence-corrected chi connectivity index (χ1v) is 6.81. The summed E-state index contributed by atoms with van der Waals surface area (Å²) in [5.41, 5.74) is 1.19. The molecule has 1 aromatic heterocycles. The minimum atomic E-state index is -0.377. The van der Waals surface area contributed by atoms with Gasteiger partial charge in [0.05, 0.1) is 11.5 Å². The fourth-order valence-corrected chi connectivity index (χ4v) is 2.74. The normalized spacial score (nSPS) is 10.2. The quantitative estimate of drug-likeness (QED) is 0.770. The number of aryl methyl sites for hydroxylation is 2. The number of hydrogen-bond donors (Lipinski definition) is 0. The third-order valence-electron chi connectivity index (χ3n) is 2.63. The molecule has 5 heteroatoms. The second kappa shape index (κ2) is 6.54. The summed E-state index contributed by atoms with van der Waals surface area (Å²) in [5.74, 6) is -0.506. The number of ether oxygens (including phenoxy) is 1. The van der Waals surface area contributed by atoms with Gasteiger partial charge < -0.3 is 9.64 Å². The highest BCUT2D eigenvalue weighted by molar-refractivity contribution is 7.14. The predicted octanol–water partition coefficient (Wildman–Crippen LogP) is 2.25. The van der Waals surface area contributed by atoms with Gasteiger partial charge in [-0.1, -0.05) is 6.92 Å². The predicted molar refractivity (Wildman–Crippen MR) is 72.0 cm³/mol. The molecule has 0 saturated carbocycles. The molecule has 100 valence electrons. The number of hydrogen-bond acceptors (Lipinski definition) is 4. The molecule has 0 N–H and O–H groups in total. The molecular weight excluding hydrogens is 250 g/mol. The van der Waals surface area contributed by atoms with Gasteiger partial charge in [-0.05, 0) is 31.9 Å². The van der Waals surface area contributed by atoms with E-state index in [0.29, 0.717) is 11.5 Å². The van der Waals surface area contributed by atoms with Crippen LogP contribution in [0.2, 0.25) is 0 Å². The van der Waals surface area contributed by atoms with E-state index in [-0.39, 0.29) is 18.4 Å². The lowest BCUT2D eigenvalue weighted by atomic mass is 10.2. The van der Waals surface area contributed by atoms with Gasteiger partial charge in [-0.15, -0.1) is 11.3 Å². The van der Waals surface area contributed by atoms with Gasteiger partial charge in [0.2, 0.25) is 0 Å². The Balaban J connectivity index is 2.70. The van der Waals surface area contributed by atoms with Crippen molar-refractivity contribution < 1.29 is 14.3 Å². The summed E-state index contributed by atoms with van der Waals surface area (Å²) >= 11 is 1.47. The van der Waals surface area contributed by atoms with Crippen LogP contribution in [0.25, 0.3) is 0 Å². The number of amides is 1. The molecule has 0 fully saturated rings.